The van der Waals surface area contributed by atoms with E-state index in [1.54, 1.807) is 11.3 Å². The molecule has 0 aliphatic carbocycles. The lowest BCUT2D eigenvalue weighted by molar-refractivity contribution is 0.676. The van der Waals surface area contributed by atoms with E-state index in [-0.39, 0.29) is 0 Å². The van der Waals surface area contributed by atoms with Crippen LogP contribution >= 0.6 is 11.3 Å². The van der Waals surface area contributed by atoms with Gasteiger partial charge in [0.25, 0.3) is 0 Å². The molecule has 0 aliphatic heterocycles. The highest BCUT2D eigenvalue weighted by atomic mass is 32.1. The number of aryl methyl sites for hydroxylation is 1. The first-order valence-electron chi connectivity index (χ1n) is 4.10. The molecule has 64 valence electrons. The largest absolute Gasteiger partial charge is 0.249 e. The maximum atomic E-state index is 4.13. The van der Waals surface area contributed by atoms with E-state index in [0.29, 0.717) is 5.92 Å². The standard InChI is InChI=1S/C10H13NS/c1-8(2)5-4-6-10-7-11-9(3)12-10/h7-8H,5H2,1-3H3. The van der Waals surface area contributed by atoms with Crippen LogP contribution in [0.25, 0.3) is 0 Å². The molecule has 1 heterocycles. The van der Waals surface area contributed by atoms with Gasteiger partial charge in [0.1, 0.15) is 0 Å². The van der Waals surface area contributed by atoms with Gasteiger partial charge in [0, 0.05) is 6.42 Å². The van der Waals surface area contributed by atoms with Crippen molar-refractivity contribution in [1.29, 1.82) is 0 Å². The summed E-state index contributed by atoms with van der Waals surface area (Å²) >= 11 is 1.65. The van der Waals surface area contributed by atoms with Crippen molar-refractivity contribution in [2.24, 2.45) is 5.92 Å². The van der Waals surface area contributed by atoms with E-state index in [1.807, 2.05) is 13.1 Å². The van der Waals surface area contributed by atoms with Crippen LogP contribution in [-0.4, -0.2) is 4.98 Å². The molecule has 0 saturated heterocycles. The minimum absolute atomic E-state index is 0.659. The van der Waals surface area contributed by atoms with Crippen molar-refractivity contribution in [3.63, 3.8) is 0 Å². The fraction of sp³-hybridized carbons (Fsp3) is 0.500. The summed E-state index contributed by atoms with van der Waals surface area (Å²) < 4.78 is 0. The number of hydrogen-bond acceptors (Lipinski definition) is 2. The van der Waals surface area contributed by atoms with Gasteiger partial charge in [-0.3, -0.25) is 0 Å². The lowest BCUT2D eigenvalue weighted by Gasteiger charge is -1.91. The topological polar surface area (TPSA) is 12.9 Å². The smallest absolute Gasteiger partial charge is 0.0969 e. The van der Waals surface area contributed by atoms with E-state index in [2.05, 4.69) is 30.7 Å². The van der Waals surface area contributed by atoms with E-state index in [1.165, 1.54) is 0 Å². The van der Waals surface area contributed by atoms with Crippen LogP contribution in [0.2, 0.25) is 0 Å². The molecular weight excluding hydrogens is 166 g/mol. The minimum Gasteiger partial charge on any atom is -0.249 e. The summed E-state index contributed by atoms with van der Waals surface area (Å²) in [7, 11) is 0. The molecule has 0 bridgehead atoms. The minimum atomic E-state index is 0.659. The fourth-order valence-corrected chi connectivity index (χ4v) is 1.41. The zero-order valence-corrected chi connectivity index (χ0v) is 8.53. The molecule has 1 aromatic heterocycles. The Morgan fingerprint density at radius 3 is 2.83 bits per heavy atom. The fourth-order valence-electron chi connectivity index (χ4n) is 0.761. The zero-order chi connectivity index (χ0) is 8.97. The van der Waals surface area contributed by atoms with Crippen molar-refractivity contribution in [1.82, 2.24) is 4.98 Å². The number of thiazole rings is 1. The third-order valence-electron chi connectivity index (χ3n) is 1.34. The maximum absolute atomic E-state index is 4.13. The van der Waals surface area contributed by atoms with E-state index in [9.17, 15) is 0 Å². The first-order valence-corrected chi connectivity index (χ1v) is 4.91. The highest BCUT2D eigenvalue weighted by Crippen LogP contribution is 2.09. The van der Waals surface area contributed by atoms with Gasteiger partial charge in [0.05, 0.1) is 16.1 Å². The molecule has 0 atom stereocenters. The Labute approximate surface area is 77.8 Å². The molecule has 2 heteroatoms. The zero-order valence-electron chi connectivity index (χ0n) is 7.72. The molecule has 0 unspecified atom stereocenters. The van der Waals surface area contributed by atoms with Crippen LogP contribution in [0.3, 0.4) is 0 Å². The number of rotatable bonds is 1. The predicted octanol–water partition coefficient (Wildman–Crippen LogP) is 2.85. The molecule has 0 saturated carbocycles. The third kappa shape index (κ3) is 3.06. The molecule has 0 N–H and O–H groups in total. The molecule has 0 aliphatic rings. The molecule has 0 fully saturated rings. The Kier molecular flexibility index (Phi) is 3.31. The summed E-state index contributed by atoms with van der Waals surface area (Å²) in [6, 6.07) is 0. The predicted molar refractivity (Wildman–Crippen MR) is 53.2 cm³/mol. The third-order valence-corrected chi connectivity index (χ3v) is 2.17. The van der Waals surface area contributed by atoms with Crippen molar-refractivity contribution in [2.75, 3.05) is 0 Å². The lowest BCUT2D eigenvalue weighted by atomic mass is 10.1. The highest BCUT2D eigenvalue weighted by Gasteiger charge is 1.92. The van der Waals surface area contributed by atoms with Crippen LogP contribution in [-0.2, 0) is 0 Å². The molecular formula is C10H13NS. The van der Waals surface area contributed by atoms with E-state index in [4.69, 9.17) is 0 Å². The van der Waals surface area contributed by atoms with Crippen molar-refractivity contribution >= 4 is 11.3 Å². The van der Waals surface area contributed by atoms with Gasteiger partial charge in [-0.1, -0.05) is 25.7 Å². The Morgan fingerprint density at radius 1 is 1.58 bits per heavy atom. The van der Waals surface area contributed by atoms with Crippen molar-refractivity contribution in [3.8, 4) is 11.8 Å². The highest BCUT2D eigenvalue weighted by molar-refractivity contribution is 7.12. The molecule has 0 radical (unpaired) electrons. The van der Waals surface area contributed by atoms with Crippen LogP contribution in [0.5, 0.6) is 0 Å². The summed E-state index contributed by atoms with van der Waals surface area (Å²) in [5, 5.41) is 1.09. The van der Waals surface area contributed by atoms with Gasteiger partial charge < -0.3 is 0 Å². The maximum Gasteiger partial charge on any atom is 0.0969 e. The molecule has 1 rings (SSSR count). The molecule has 12 heavy (non-hydrogen) atoms. The van der Waals surface area contributed by atoms with E-state index >= 15 is 0 Å². The Hall–Kier alpha value is -0.810. The average molecular weight is 179 g/mol. The molecule has 1 aromatic rings. The monoisotopic (exact) mass is 179 g/mol. The second kappa shape index (κ2) is 4.27. The number of aromatic nitrogens is 1. The normalized spacial score (nSPS) is 9.67. The van der Waals surface area contributed by atoms with Crippen LogP contribution in [0, 0.1) is 24.7 Å². The van der Waals surface area contributed by atoms with Gasteiger partial charge in [-0.25, -0.2) is 4.98 Å². The van der Waals surface area contributed by atoms with Crippen LogP contribution < -0.4 is 0 Å². The lowest BCUT2D eigenvalue weighted by Crippen LogP contribution is -1.81. The first-order chi connectivity index (χ1) is 5.68. The van der Waals surface area contributed by atoms with Crippen LogP contribution in [0.4, 0.5) is 0 Å². The second-order valence-electron chi connectivity index (χ2n) is 3.14. The number of nitrogens with zero attached hydrogens (tertiary/aromatic N) is 1. The van der Waals surface area contributed by atoms with Crippen molar-refractivity contribution < 1.29 is 0 Å². The van der Waals surface area contributed by atoms with Crippen LogP contribution in [0.15, 0.2) is 6.20 Å². The van der Waals surface area contributed by atoms with E-state index in [0.717, 1.165) is 16.3 Å². The molecule has 1 nitrogen and oxygen atoms in total. The first kappa shape index (κ1) is 9.28. The van der Waals surface area contributed by atoms with Crippen molar-refractivity contribution in [3.05, 3.63) is 16.1 Å². The van der Waals surface area contributed by atoms with Gasteiger partial charge in [0.15, 0.2) is 0 Å². The SMILES string of the molecule is Cc1ncc(C#CCC(C)C)s1. The van der Waals surface area contributed by atoms with Gasteiger partial charge >= 0.3 is 0 Å². The molecule has 0 aromatic carbocycles. The Morgan fingerprint density at radius 2 is 2.33 bits per heavy atom. The quantitative estimate of drug-likeness (QED) is 0.604. The van der Waals surface area contributed by atoms with Crippen LogP contribution in [0.1, 0.15) is 30.2 Å². The Balaban J connectivity index is 2.55. The second-order valence-corrected chi connectivity index (χ2v) is 4.38. The van der Waals surface area contributed by atoms with Gasteiger partial charge in [-0.15, -0.1) is 11.3 Å². The average Bonchev–Trinajstić information content (AvgIpc) is 2.35. The van der Waals surface area contributed by atoms with Gasteiger partial charge in [0.2, 0.25) is 0 Å². The summed E-state index contributed by atoms with van der Waals surface area (Å²) in [5.41, 5.74) is 0. The molecule has 0 spiro atoms. The van der Waals surface area contributed by atoms with Crippen molar-refractivity contribution in [2.45, 2.75) is 27.2 Å². The number of hydrogen-bond donors (Lipinski definition) is 0. The molecule has 0 amide bonds. The summed E-state index contributed by atoms with van der Waals surface area (Å²) in [5.74, 6) is 6.90. The summed E-state index contributed by atoms with van der Waals surface area (Å²) in [4.78, 5) is 5.21. The Bertz CT molecular complexity index is 301. The summed E-state index contributed by atoms with van der Waals surface area (Å²) in [6.07, 6.45) is 2.81. The van der Waals surface area contributed by atoms with E-state index < -0.39 is 0 Å². The van der Waals surface area contributed by atoms with Gasteiger partial charge in [-0.05, 0) is 12.8 Å². The van der Waals surface area contributed by atoms with Gasteiger partial charge in [-0.2, -0.15) is 0 Å². The summed E-state index contributed by atoms with van der Waals surface area (Å²) in [6.45, 7) is 6.34.